The number of hydrogen-bond donors (Lipinski definition) is 3. The van der Waals surface area contributed by atoms with E-state index >= 15 is 0 Å². The van der Waals surface area contributed by atoms with E-state index in [9.17, 15) is 0 Å². The zero-order valence-electron chi connectivity index (χ0n) is 8.29. The van der Waals surface area contributed by atoms with Gasteiger partial charge in [-0.05, 0) is 12.8 Å². The van der Waals surface area contributed by atoms with E-state index in [2.05, 4.69) is 15.2 Å². The van der Waals surface area contributed by atoms with Crippen LogP contribution >= 0.6 is 0 Å². The summed E-state index contributed by atoms with van der Waals surface area (Å²) in [5.74, 6) is 1.03. The summed E-state index contributed by atoms with van der Waals surface area (Å²) >= 11 is 0. The monoisotopic (exact) mass is 195 g/mol. The van der Waals surface area contributed by atoms with E-state index in [0.29, 0.717) is 0 Å². The second-order valence-electron chi connectivity index (χ2n) is 4.11. The van der Waals surface area contributed by atoms with Crippen molar-refractivity contribution in [3.8, 4) is 0 Å². The summed E-state index contributed by atoms with van der Waals surface area (Å²) in [7, 11) is 0. The Morgan fingerprint density at radius 2 is 1.79 bits per heavy atom. The third-order valence-corrected chi connectivity index (χ3v) is 2.97. The minimum atomic E-state index is -0.332. The summed E-state index contributed by atoms with van der Waals surface area (Å²) < 4.78 is 0. The van der Waals surface area contributed by atoms with Gasteiger partial charge < -0.3 is 11.5 Å². The quantitative estimate of drug-likeness (QED) is 0.580. The van der Waals surface area contributed by atoms with Crippen LogP contribution in [0, 0.1) is 0 Å². The minimum Gasteiger partial charge on any atom is -0.367 e. The molecule has 1 aliphatic rings. The predicted octanol–water partition coefficient (Wildman–Crippen LogP) is 0.895. The third kappa shape index (κ3) is 1.72. The lowest BCUT2D eigenvalue weighted by atomic mass is 9.91. The van der Waals surface area contributed by atoms with Gasteiger partial charge >= 0.3 is 0 Å². The molecule has 0 saturated heterocycles. The molecule has 1 heterocycles. The van der Waals surface area contributed by atoms with Crippen molar-refractivity contribution in [1.82, 2.24) is 15.2 Å². The highest BCUT2D eigenvalue weighted by atomic mass is 15.3. The van der Waals surface area contributed by atoms with Gasteiger partial charge in [-0.1, -0.05) is 25.7 Å². The molecule has 1 aromatic heterocycles. The maximum absolute atomic E-state index is 6.30. The normalized spacial score (nSPS) is 21.8. The zero-order chi connectivity index (χ0) is 10.0. The lowest BCUT2D eigenvalue weighted by Crippen LogP contribution is -2.37. The molecule has 1 saturated carbocycles. The van der Waals surface area contributed by atoms with Crippen molar-refractivity contribution >= 4 is 5.95 Å². The number of hydrogen-bond acceptors (Lipinski definition) is 4. The van der Waals surface area contributed by atoms with Crippen LogP contribution in [0.15, 0.2) is 0 Å². The summed E-state index contributed by atoms with van der Waals surface area (Å²) in [6, 6.07) is 0. The highest BCUT2D eigenvalue weighted by molar-refractivity contribution is 5.17. The summed E-state index contributed by atoms with van der Waals surface area (Å²) in [4.78, 5) is 4.13. The first-order valence-corrected chi connectivity index (χ1v) is 5.18. The molecule has 0 radical (unpaired) electrons. The summed E-state index contributed by atoms with van der Waals surface area (Å²) in [5.41, 5.74) is 11.4. The Balaban J connectivity index is 2.20. The summed E-state index contributed by atoms with van der Waals surface area (Å²) in [6.45, 7) is 0. The van der Waals surface area contributed by atoms with Crippen LogP contribution in [0.5, 0.6) is 0 Å². The lowest BCUT2D eigenvalue weighted by molar-refractivity contribution is 0.364. The number of nitrogens with two attached hydrogens (primary N) is 2. The number of aromatic amines is 1. The van der Waals surface area contributed by atoms with Crippen LogP contribution in [-0.4, -0.2) is 15.2 Å². The highest BCUT2D eigenvalue weighted by Crippen LogP contribution is 2.31. The second kappa shape index (κ2) is 3.57. The van der Waals surface area contributed by atoms with E-state index in [1.54, 1.807) is 0 Å². The van der Waals surface area contributed by atoms with Crippen LogP contribution in [0.25, 0.3) is 0 Å². The van der Waals surface area contributed by atoms with Crippen LogP contribution in [0.3, 0.4) is 0 Å². The Morgan fingerprint density at radius 3 is 2.29 bits per heavy atom. The first-order chi connectivity index (χ1) is 6.71. The van der Waals surface area contributed by atoms with Gasteiger partial charge in [-0.3, -0.25) is 5.10 Å². The molecular weight excluding hydrogens is 178 g/mol. The molecule has 5 heteroatoms. The maximum atomic E-state index is 6.30. The third-order valence-electron chi connectivity index (χ3n) is 2.97. The van der Waals surface area contributed by atoms with E-state index in [1.807, 2.05) is 0 Å². The summed E-state index contributed by atoms with van der Waals surface area (Å²) in [5, 5.41) is 6.66. The number of nitrogens with one attached hydrogen (secondary N) is 1. The molecule has 2 rings (SSSR count). The highest BCUT2D eigenvalue weighted by Gasteiger charge is 2.31. The van der Waals surface area contributed by atoms with E-state index in [-0.39, 0.29) is 11.5 Å². The number of aromatic nitrogens is 3. The van der Waals surface area contributed by atoms with Crippen molar-refractivity contribution in [2.45, 2.75) is 44.1 Å². The molecule has 5 N–H and O–H groups in total. The fourth-order valence-corrected chi connectivity index (χ4v) is 2.09. The Hall–Kier alpha value is -1.10. The molecule has 1 aromatic rings. The molecule has 1 aliphatic carbocycles. The molecule has 5 nitrogen and oxygen atoms in total. The number of nitrogen functional groups attached to an aromatic ring is 1. The van der Waals surface area contributed by atoms with Crippen molar-refractivity contribution in [3.05, 3.63) is 5.82 Å². The van der Waals surface area contributed by atoms with E-state index in [0.717, 1.165) is 31.5 Å². The average Bonchev–Trinajstić information content (AvgIpc) is 2.47. The van der Waals surface area contributed by atoms with Crippen molar-refractivity contribution in [1.29, 1.82) is 0 Å². The molecule has 0 aromatic carbocycles. The van der Waals surface area contributed by atoms with Gasteiger partial charge in [-0.25, -0.2) is 0 Å². The van der Waals surface area contributed by atoms with Crippen molar-refractivity contribution in [2.24, 2.45) is 5.73 Å². The first-order valence-electron chi connectivity index (χ1n) is 5.18. The second-order valence-corrected chi connectivity index (χ2v) is 4.11. The number of H-pyrrole nitrogens is 1. The van der Waals surface area contributed by atoms with Crippen LogP contribution in [0.4, 0.5) is 5.95 Å². The standard InChI is InChI=1S/C9H17N5/c10-8-12-7(13-14-8)9(11)5-3-1-2-4-6-9/h1-6,11H2,(H3,10,12,13,14). The SMILES string of the molecule is Nc1n[nH]c(C2(N)CCCCCC2)n1. The average molecular weight is 195 g/mol. The maximum Gasteiger partial charge on any atom is 0.239 e. The lowest BCUT2D eigenvalue weighted by Gasteiger charge is -2.24. The van der Waals surface area contributed by atoms with Gasteiger partial charge in [0.1, 0.15) is 5.82 Å². The van der Waals surface area contributed by atoms with Gasteiger partial charge in [-0.2, -0.15) is 4.98 Å². The van der Waals surface area contributed by atoms with Gasteiger partial charge in [0.05, 0.1) is 5.54 Å². The largest absolute Gasteiger partial charge is 0.367 e. The molecular formula is C9H17N5. The molecule has 0 aliphatic heterocycles. The molecule has 78 valence electrons. The van der Waals surface area contributed by atoms with Crippen LogP contribution in [-0.2, 0) is 5.54 Å². The minimum absolute atomic E-state index is 0.286. The van der Waals surface area contributed by atoms with Crippen molar-refractivity contribution in [2.75, 3.05) is 5.73 Å². The molecule has 1 fully saturated rings. The Labute approximate surface area is 83.3 Å². The van der Waals surface area contributed by atoms with E-state index in [1.165, 1.54) is 12.8 Å². The number of anilines is 1. The zero-order valence-corrected chi connectivity index (χ0v) is 8.29. The van der Waals surface area contributed by atoms with Crippen LogP contribution < -0.4 is 11.5 Å². The topological polar surface area (TPSA) is 93.6 Å². The predicted molar refractivity (Wildman–Crippen MR) is 54.4 cm³/mol. The van der Waals surface area contributed by atoms with E-state index in [4.69, 9.17) is 11.5 Å². The molecule has 0 atom stereocenters. The Kier molecular flexibility index (Phi) is 2.41. The van der Waals surface area contributed by atoms with Crippen molar-refractivity contribution < 1.29 is 0 Å². The van der Waals surface area contributed by atoms with E-state index < -0.39 is 0 Å². The van der Waals surface area contributed by atoms with Gasteiger partial charge in [0, 0.05) is 0 Å². The summed E-state index contributed by atoms with van der Waals surface area (Å²) in [6.07, 6.45) is 6.81. The molecule has 0 unspecified atom stereocenters. The van der Waals surface area contributed by atoms with Gasteiger partial charge in [-0.15, -0.1) is 5.10 Å². The fraction of sp³-hybridized carbons (Fsp3) is 0.778. The smallest absolute Gasteiger partial charge is 0.239 e. The van der Waals surface area contributed by atoms with Crippen molar-refractivity contribution in [3.63, 3.8) is 0 Å². The molecule has 0 amide bonds. The van der Waals surface area contributed by atoms with Gasteiger partial charge in [0.25, 0.3) is 0 Å². The Morgan fingerprint density at radius 1 is 1.14 bits per heavy atom. The van der Waals surface area contributed by atoms with Gasteiger partial charge in [0.2, 0.25) is 5.95 Å². The van der Waals surface area contributed by atoms with Crippen LogP contribution in [0.2, 0.25) is 0 Å². The number of nitrogens with zero attached hydrogens (tertiary/aromatic N) is 2. The van der Waals surface area contributed by atoms with Crippen LogP contribution in [0.1, 0.15) is 44.3 Å². The molecule has 0 spiro atoms. The molecule has 0 bridgehead atoms. The first kappa shape index (κ1) is 9.45. The fourth-order valence-electron chi connectivity index (χ4n) is 2.09. The molecule has 14 heavy (non-hydrogen) atoms. The van der Waals surface area contributed by atoms with Gasteiger partial charge in [0.15, 0.2) is 0 Å². The Bertz CT molecular complexity index is 298. The number of rotatable bonds is 1.